The molecule has 0 spiro atoms. The van der Waals surface area contributed by atoms with Crippen molar-refractivity contribution >= 4 is 35.1 Å². The highest BCUT2D eigenvalue weighted by Crippen LogP contribution is 2.21. The number of thiophene rings is 1. The van der Waals surface area contributed by atoms with E-state index >= 15 is 0 Å². The lowest BCUT2D eigenvalue weighted by Crippen LogP contribution is -1.92. The van der Waals surface area contributed by atoms with Gasteiger partial charge in [-0.3, -0.25) is 9.79 Å². The zero-order valence-corrected chi connectivity index (χ0v) is 13.2. The number of carbonyl (C=O) groups excluding carboxylic acids is 1. The van der Waals surface area contributed by atoms with Crippen LogP contribution >= 0.6 is 11.3 Å². The van der Waals surface area contributed by atoms with Gasteiger partial charge < -0.3 is 0 Å². The third-order valence-electron chi connectivity index (χ3n) is 3.28. The summed E-state index contributed by atoms with van der Waals surface area (Å²) >= 11 is 1.64. The van der Waals surface area contributed by atoms with Crippen molar-refractivity contribution in [3.8, 4) is 0 Å². The first-order valence-electron chi connectivity index (χ1n) is 7.27. The largest absolute Gasteiger partial charge is 0.289 e. The molecule has 3 rings (SSSR count). The predicted octanol–water partition coefficient (Wildman–Crippen LogP) is 5.39. The molecule has 0 bridgehead atoms. The van der Waals surface area contributed by atoms with Gasteiger partial charge in [0.25, 0.3) is 0 Å². The third-order valence-corrected chi connectivity index (χ3v) is 4.09. The first-order valence-corrected chi connectivity index (χ1v) is 8.15. The first-order chi connectivity index (χ1) is 11.3. The molecule has 23 heavy (non-hydrogen) atoms. The SMILES string of the molecule is O=C(/C=C/c1ccccc1N=Cc1cccs1)c1ccccc1. The van der Waals surface area contributed by atoms with Gasteiger partial charge in [0, 0.05) is 22.2 Å². The Kier molecular flexibility index (Phi) is 4.92. The van der Waals surface area contributed by atoms with Crippen LogP contribution in [-0.2, 0) is 0 Å². The molecule has 112 valence electrons. The summed E-state index contributed by atoms with van der Waals surface area (Å²) in [6.45, 7) is 0. The van der Waals surface area contributed by atoms with Crippen molar-refractivity contribution in [3.05, 3.63) is 94.2 Å². The van der Waals surface area contributed by atoms with Gasteiger partial charge in [0.1, 0.15) is 0 Å². The van der Waals surface area contributed by atoms with Crippen molar-refractivity contribution in [3.63, 3.8) is 0 Å². The van der Waals surface area contributed by atoms with Gasteiger partial charge in [-0.1, -0.05) is 54.6 Å². The second-order valence-corrected chi connectivity index (χ2v) is 5.88. The van der Waals surface area contributed by atoms with Crippen molar-refractivity contribution < 1.29 is 4.79 Å². The lowest BCUT2D eigenvalue weighted by atomic mass is 10.1. The summed E-state index contributed by atoms with van der Waals surface area (Å²) < 4.78 is 0. The number of ketones is 1. The average molecular weight is 317 g/mol. The summed E-state index contributed by atoms with van der Waals surface area (Å²) in [6, 6.07) is 21.0. The number of hydrogen-bond acceptors (Lipinski definition) is 3. The van der Waals surface area contributed by atoms with Crippen LogP contribution in [0.2, 0.25) is 0 Å². The van der Waals surface area contributed by atoms with E-state index in [2.05, 4.69) is 4.99 Å². The van der Waals surface area contributed by atoms with Crippen molar-refractivity contribution in [2.75, 3.05) is 0 Å². The number of rotatable bonds is 5. The van der Waals surface area contributed by atoms with Crippen molar-refractivity contribution in [1.82, 2.24) is 0 Å². The molecule has 2 nitrogen and oxygen atoms in total. The quantitative estimate of drug-likeness (QED) is 0.352. The van der Waals surface area contributed by atoms with Gasteiger partial charge in [0.15, 0.2) is 5.78 Å². The van der Waals surface area contributed by atoms with Crippen LogP contribution in [0.4, 0.5) is 5.69 Å². The molecule has 0 aliphatic heterocycles. The first kappa shape index (κ1) is 15.1. The highest BCUT2D eigenvalue weighted by atomic mass is 32.1. The van der Waals surface area contributed by atoms with E-state index in [1.165, 1.54) is 0 Å². The second-order valence-electron chi connectivity index (χ2n) is 4.90. The molecule has 0 amide bonds. The van der Waals surface area contributed by atoms with Crippen LogP contribution in [0, 0.1) is 0 Å². The lowest BCUT2D eigenvalue weighted by Gasteiger charge is -2.00. The topological polar surface area (TPSA) is 29.4 Å². The highest BCUT2D eigenvalue weighted by molar-refractivity contribution is 7.11. The maximum atomic E-state index is 12.2. The van der Waals surface area contributed by atoms with Crippen molar-refractivity contribution in [2.45, 2.75) is 0 Å². The summed E-state index contributed by atoms with van der Waals surface area (Å²) in [4.78, 5) is 17.8. The maximum absolute atomic E-state index is 12.2. The smallest absolute Gasteiger partial charge is 0.185 e. The second kappa shape index (κ2) is 7.47. The Morgan fingerprint density at radius 1 is 0.913 bits per heavy atom. The van der Waals surface area contributed by atoms with Crippen LogP contribution in [0.5, 0.6) is 0 Å². The van der Waals surface area contributed by atoms with Gasteiger partial charge in [-0.05, 0) is 29.7 Å². The number of benzene rings is 2. The van der Waals surface area contributed by atoms with Gasteiger partial charge in [0.05, 0.1) is 5.69 Å². The van der Waals surface area contributed by atoms with Gasteiger partial charge in [-0.15, -0.1) is 11.3 Å². The van der Waals surface area contributed by atoms with E-state index < -0.39 is 0 Å². The van der Waals surface area contributed by atoms with Crippen LogP contribution in [-0.4, -0.2) is 12.0 Å². The number of hydrogen-bond donors (Lipinski definition) is 0. The molecule has 0 aliphatic rings. The molecular formula is C20H15NOS. The van der Waals surface area contributed by atoms with E-state index in [0.717, 1.165) is 16.1 Å². The molecule has 2 aromatic carbocycles. The Morgan fingerprint density at radius 2 is 1.70 bits per heavy atom. The molecule has 3 heteroatoms. The molecule has 0 fully saturated rings. The molecular weight excluding hydrogens is 302 g/mol. The normalized spacial score (nSPS) is 11.3. The van der Waals surface area contributed by atoms with Crippen LogP contribution in [0.1, 0.15) is 20.8 Å². The number of nitrogens with zero attached hydrogens (tertiary/aromatic N) is 1. The summed E-state index contributed by atoms with van der Waals surface area (Å²) in [5.74, 6) is -0.0114. The Labute approximate surface area is 139 Å². The Balaban J connectivity index is 1.80. The fraction of sp³-hybridized carbons (Fsp3) is 0. The Morgan fingerprint density at radius 3 is 2.48 bits per heavy atom. The minimum atomic E-state index is -0.0114. The molecule has 0 atom stereocenters. The molecule has 0 N–H and O–H groups in total. The molecule has 0 saturated carbocycles. The summed E-state index contributed by atoms with van der Waals surface area (Å²) in [7, 11) is 0. The van der Waals surface area contributed by atoms with E-state index in [9.17, 15) is 4.79 Å². The molecule has 0 aliphatic carbocycles. The van der Waals surface area contributed by atoms with Crippen molar-refractivity contribution in [1.29, 1.82) is 0 Å². The molecule has 3 aromatic rings. The van der Waals surface area contributed by atoms with E-state index in [4.69, 9.17) is 0 Å². The van der Waals surface area contributed by atoms with E-state index in [1.807, 2.05) is 84.4 Å². The highest BCUT2D eigenvalue weighted by Gasteiger charge is 2.01. The van der Waals surface area contributed by atoms with Crippen LogP contribution in [0.25, 0.3) is 6.08 Å². The lowest BCUT2D eigenvalue weighted by molar-refractivity contribution is 0.104. The summed E-state index contributed by atoms with van der Waals surface area (Å²) in [5, 5.41) is 2.02. The third kappa shape index (κ3) is 4.11. The number of aliphatic imine (C=N–C) groups is 1. The summed E-state index contributed by atoms with van der Waals surface area (Å²) in [6.07, 6.45) is 5.25. The number of carbonyl (C=O) groups is 1. The predicted molar refractivity (Wildman–Crippen MR) is 97.8 cm³/mol. The Bertz CT molecular complexity index is 833. The standard InChI is InChI=1S/C20H15NOS/c22-20(17-8-2-1-3-9-17)13-12-16-7-4-5-11-19(16)21-15-18-10-6-14-23-18/h1-15H/b13-12+,21-15?. The minimum absolute atomic E-state index is 0.0114. The van der Waals surface area contributed by atoms with Gasteiger partial charge in [-0.2, -0.15) is 0 Å². The zero-order valence-electron chi connectivity index (χ0n) is 12.4. The Hall–Kier alpha value is -2.78. The summed E-state index contributed by atoms with van der Waals surface area (Å²) in [5.41, 5.74) is 2.45. The van der Waals surface area contributed by atoms with Crippen LogP contribution in [0.3, 0.4) is 0 Å². The zero-order chi connectivity index (χ0) is 15.9. The fourth-order valence-corrected chi connectivity index (χ4v) is 2.69. The molecule has 0 unspecified atom stereocenters. The maximum Gasteiger partial charge on any atom is 0.185 e. The number of allylic oxidation sites excluding steroid dienone is 1. The van der Waals surface area contributed by atoms with Crippen LogP contribution < -0.4 is 0 Å². The molecule has 0 radical (unpaired) electrons. The number of para-hydroxylation sites is 1. The van der Waals surface area contributed by atoms with Gasteiger partial charge in [0.2, 0.25) is 0 Å². The molecule has 0 saturated heterocycles. The van der Waals surface area contributed by atoms with E-state index in [0.29, 0.717) is 5.56 Å². The average Bonchev–Trinajstić information content (AvgIpc) is 3.13. The fourth-order valence-electron chi connectivity index (χ4n) is 2.11. The van der Waals surface area contributed by atoms with Gasteiger partial charge in [-0.25, -0.2) is 0 Å². The molecule has 1 heterocycles. The van der Waals surface area contributed by atoms with E-state index in [1.54, 1.807) is 17.4 Å². The van der Waals surface area contributed by atoms with Crippen molar-refractivity contribution in [2.24, 2.45) is 4.99 Å². The van der Waals surface area contributed by atoms with Gasteiger partial charge >= 0.3 is 0 Å². The van der Waals surface area contributed by atoms with Crippen LogP contribution in [0.15, 0.2) is 83.2 Å². The molecule has 1 aromatic heterocycles. The van der Waals surface area contributed by atoms with E-state index in [-0.39, 0.29) is 5.78 Å². The monoisotopic (exact) mass is 317 g/mol. The minimum Gasteiger partial charge on any atom is -0.289 e.